The number of rotatable bonds is 4. The molecule has 5 rings (SSSR count). The molecule has 2 heterocycles. The molecule has 6 nitrogen and oxygen atoms in total. The van der Waals surface area contributed by atoms with Crippen molar-refractivity contribution >= 4 is 5.90 Å². The highest BCUT2D eigenvalue weighted by molar-refractivity contribution is 5.96. The molecule has 2 aromatic rings. The molecule has 1 aromatic heterocycles. The van der Waals surface area contributed by atoms with Crippen molar-refractivity contribution in [3.05, 3.63) is 70.7 Å². The lowest BCUT2D eigenvalue weighted by Gasteiger charge is -2.28. The summed E-state index contributed by atoms with van der Waals surface area (Å²) >= 11 is 0. The third kappa shape index (κ3) is 5.18. The summed E-state index contributed by atoms with van der Waals surface area (Å²) in [4.78, 5) is 0. The van der Waals surface area contributed by atoms with Gasteiger partial charge in [-0.3, -0.25) is 5.43 Å². The molecule has 0 fully saturated rings. The molecule has 36 heavy (non-hydrogen) atoms. The van der Waals surface area contributed by atoms with Crippen LogP contribution >= 0.6 is 0 Å². The number of aromatic nitrogens is 2. The average Bonchev–Trinajstić information content (AvgIpc) is 3.54. The molecule has 2 atom stereocenters. The van der Waals surface area contributed by atoms with Crippen LogP contribution in [0.2, 0.25) is 0 Å². The summed E-state index contributed by atoms with van der Waals surface area (Å²) in [6.07, 6.45) is 11.7. The lowest BCUT2D eigenvalue weighted by atomic mass is 9.77. The van der Waals surface area contributed by atoms with Crippen molar-refractivity contribution in [3.63, 3.8) is 0 Å². The highest BCUT2D eigenvalue weighted by Crippen LogP contribution is 2.39. The van der Waals surface area contributed by atoms with Gasteiger partial charge in [0.05, 0.1) is 0 Å². The summed E-state index contributed by atoms with van der Waals surface area (Å²) in [6.45, 7) is 13.6. The van der Waals surface area contributed by atoms with Crippen molar-refractivity contribution in [1.82, 2.24) is 15.6 Å². The van der Waals surface area contributed by atoms with E-state index in [2.05, 4.69) is 80.5 Å². The van der Waals surface area contributed by atoms with Crippen molar-refractivity contribution in [2.24, 2.45) is 15.9 Å². The van der Waals surface area contributed by atoms with Gasteiger partial charge in [-0.15, -0.1) is 15.3 Å². The van der Waals surface area contributed by atoms with Crippen LogP contribution < -0.4 is 5.43 Å². The number of allylic oxidation sites excluding steroid dienone is 5. The second-order valence-electron chi connectivity index (χ2n) is 12.2. The number of nitrogens with one attached hydrogen (secondary N) is 1. The highest BCUT2D eigenvalue weighted by atomic mass is 16.5. The van der Waals surface area contributed by atoms with E-state index in [-0.39, 0.29) is 23.0 Å². The molecule has 1 aliphatic heterocycles. The van der Waals surface area contributed by atoms with E-state index < -0.39 is 0 Å². The molecule has 0 saturated heterocycles. The molecule has 2 unspecified atom stereocenters. The van der Waals surface area contributed by atoms with Crippen molar-refractivity contribution in [2.75, 3.05) is 0 Å². The number of benzene rings is 1. The zero-order valence-electron chi connectivity index (χ0n) is 22.4. The van der Waals surface area contributed by atoms with E-state index in [9.17, 15) is 0 Å². The van der Waals surface area contributed by atoms with Crippen LogP contribution in [0.15, 0.2) is 68.7 Å². The van der Waals surface area contributed by atoms with Gasteiger partial charge in [-0.25, -0.2) is 0 Å². The Morgan fingerprint density at radius 1 is 0.889 bits per heavy atom. The van der Waals surface area contributed by atoms with Gasteiger partial charge in [0.2, 0.25) is 23.9 Å². The molecule has 2 aliphatic carbocycles. The maximum Gasteiger partial charge on any atom is 0.247 e. The quantitative estimate of drug-likeness (QED) is 0.460. The third-order valence-corrected chi connectivity index (χ3v) is 7.52. The van der Waals surface area contributed by atoms with E-state index in [1.807, 2.05) is 24.3 Å². The predicted octanol–water partition coefficient (Wildman–Crippen LogP) is 7.28. The molecule has 0 bridgehead atoms. The van der Waals surface area contributed by atoms with Gasteiger partial charge in [0.25, 0.3) is 0 Å². The Bertz CT molecular complexity index is 1250. The normalized spacial score (nSPS) is 22.7. The molecule has 3 aliphatic rings. The molecule has 0 amide bonds. The summed E-state index contributed by atoms with van der Waals surface area (Å²) in [7, 11) is 0. The van der Waals surface area contributed by atoms with E-state index in [1.165, 1.54) is 16.7 Å². The first-order valence-electron chi connectivity index (χ1n) is 13.1. The summed E-state index contributed by atoms with van der Waals surface area (Å²) in [5.74, 6) is 2.13. The van der Waals surface area contributed by atoms with E-state index in [4.69, 9.17) is 9.15 Å². The molecular formula is C30H38N4O2. The third-order valence-electron chi connectivity index (χ3n) is 7.52. The van der Waals surface area contributed by atoms with Gasteiger partial charge in [0.15, 0.2) is 0 Å². The largest absolute Gasteiger partial charge is 0.447 e. The van der Waals surface area contributed by atoms with Crippen LogP contribution in [0.4, 0.5) is 0 Å². The van der Waals surface area contributed by atoms with Crippen LogP contribution in [0.3, 0.4) is 0 Å². The molecule has 1 N–H and O–H groups in total. The van der Waals surface area contributed by atoms with Crippen LogP contribution in [-0.2, 0) is 4.74 Å². The van der Waals surface area contributed by atoms with Gasteiger partial charge >= 0.3 is 0 Å². The summed E-state index contributed by atoms with van der Waals surface area (Å²) in [6, 6.07) is 7.97. The Balaban J connectivity index is 1.26. The van der Waals surface area contributed by atoms with Gasteiger partial charge in [-0.05, 0) is 66.7 Å². The summed E-state index contributed by atoms with van der Waals surface area (Å²) < 4.78 is 12.3. The molecule has 0 spiro atoms. The van der Waals surface area contributed by atoms with Gasteiger partial charge in [0, 0.05) is 17.0 Å². The number of hydrogen-bond acceptors (Lipinski definition) is 6. The van der Waals surface area contributed by atoms with Gasteiger partial charge in [-0.1, -0.05) is 77.0 Å². The number of hydrazone groups is 1. The SMILES string of the molecule is CC(C)(C)C1=CC=C(C2NN=C(c3cccc(-c4nnc(C5CC=C(C(C)(C)C)CC5)o4)c3)O2)CC1. The second kappa shape index (κ2) is 9.38. The van der Waals surface area contributed by atoms with E-state index >= 15 is 0 Å². The second-order valence-corrected chi connectivity index (χ2v) is 12.2. The van der Waals surface area contributed by atoms with Crippen molar-refractivity contribution in [2.45, 2.75) is 85.8 Å². The maximum atomic E-state index is 6.20. The smallest absolute Gasteiger partial charge is 0.247 e. The zero-order chi connectivity index (χ0) is 25.5. The minimum Gasteiger partial charge on any atom is -0.447 e. The first-order chi connectivity index (χ1) is 17.1. The minimum atomic E-state index is -0.228. The Kier molecular flexibility index (Phi) is 6.39. The number of nitrogens with zero attached hydrogens (tertiary/aromatic N) is 3. The fourth-order valence-electron chi connectivity index (χ4n) is 5.11. The monoisotopic (exact) mass is 486 g/mol. The fourth-order valence-corrected chi connectivity index (χ4v) is 5.11. The first-order valence-corrected chi connectivity index (χ1v) is 13.1. The standard InChI is InChI=1S/C30H38N4O2/c1-29(2,3)23-14-10-19(11-15-23)25-31-33-27(35-25)21-8-7-9-22(18-21)28-34-32-26(36-28)20-12-16-24(17-13-20)30(4,5)6/h7-10,14,16,18,20,25,31H,11-13,15,17H2,1-6H3. The minimum absolute atomic E-state index is 0.200. The molecular weight excluding hydrogens is 448 g/mol. The lowest BCUT2D eigenvalue weighted by Crippen LogP contribution is -2.26. The molecule has 1 aromatic carbocycles. The highest BCUT2D eigenvalue weighted by Gasteiger charge is 2.29. The molecule has 6 heteroatoms. The predicted molar refractivity (Wildman–Crippen MR) is 143 cm³/mol. The van der Waals surface area contributed by atoms with Crippen LogP contribution in [0, 0.1) is 10.8 Å². The van der Waals surface area contributed by atoms with Crippen molar-refractivity contribution in [3.8, 4) is 11.5 Å². The van der Waals surface area contributed by atoms with Gasteiger partial charge < -0.3 is 9.15 Å². The topological polar surface area (TPSA) is 72.5 Å². The Morgan fingerprint density at radius 3 is 2.33 bits per heavy atom. The van der Waals surface area contributed by atoms with Crippen LogP contribution in [0.1, 0.15) is 91.0 Å². The van der Waals surface area contributed by atoms with E-state index in [1.54, 1.807) is 0 Å². The summed E-state index contributed by atoms with van der Waals surface area (Å²) in [5, 5.41) is 13.2. The summed E-state index contributed by atoms with van der Waals surface area (Å²) in [5.41, 5.74) is 9.55. The van der Waals surface area contributed by atoms with Crippen LogP contribution in [-0.4, -0.2) is 22.3 Å². The fraction of sp³-hybridized carbons (Fsp3) is 0.500. The van der Waals surface area contributed by atoms with Gasteiger partial charge in [0.1, 0.15) is 0 Å². The van der Waals surface area contributed by atoms with E-state index in [0.717, 1.165) is 49.1 Å². The Morgan fingerprint density at radius 2 is 1.67 bits per heavy atom. The first kappa shape index (κ1) is 24.5. The Labute approximate surface area is 214 Å². The van der Waals surface area contributed by atoms with E-state index in [0.29, 0.717) is 11.8 Å². The lowest BCUT2D eigenvalue weighted by molar-refractivity contribution is 0.219. The average molecular weight is 487 g/mol. The zero-order valence-corrected chi connectivity index (χ0v) is 22.4. The molecule has 0 saturated carbocycles. The van der Waals surface area contributed by atoms with Crippen LogP contribution in [0.5, 0.6) is 0 Å². The molecule has 190 valence electrons. The molecule has 0 radical (unpaired) electrons. The maximum absolute atomic E-state index is 6.20. The number of ether oxygens (including phenoxy) is 1. The van der Waals surface area contributed by atoms with Crippen molar-refractivity contribution < 1.29 is 9.15 Å². The van der Waals surface area contributed by atoms with Crippen LogP contribution in [0.25, 0.3) is 11.5 Å². The van der Waals surface area contributed by atoms with Gasteiger partial charge in [-0.2, -0.15) is 0 Å². The van der Waals surface area contributed by atoms with Crippen molar-refractivity contribution in [1.29, 1.82) is 0 Å². The number of hydrogen-bond donors (Lipinski definition) is 1. The Hall–Kier alpha value is -3.15.